The van der Waals surface area contributed by atoms with Crippen LogP contribution in [0.5, 0.6) is 0 Å². The third-order valence-electron chi connectivity index (χ3n) is 2.61. The summed E-state index contributed by atoms with van der Waals surface area (Å²) in [5.74, 6) is 0.288. The monoisotopic (exact) mass is 166 g/mol. The van der Waals surface area contributed by atoms with Crippen LogP contribution in [0.1, 0.15) is 40.0 Å². The summed E-state index contributed by atoms with van der Waals surface area (Å²) in [4.78, 5) is 10.5. The summed E-state index contributed by atoms with van der Waals surface area (Å²) in [6.45, 7) is 6.71. The summed E-state index contributed by atoms with van der Waals surface area (Å²) in [7, 11) is 0. The Morgan fingerprint density at radius 1 is 1.50 bits per heavy atom. The number of carbonyl (C=O) groups excluding carboxylic acids is 1. The second kappa shape index (κ2) is 3.42. The minimum atomic E-state index is 0.288. The number of allylic oxidation sites excluding steroid dienone is 2. The van der Waals surface area contributed by atoms with E-state index in [1.807, 2.05) is 0 Å². The van der Waals surface area contributed by atoms with Crippen LogP contribution in [-0.4, -0.2) is 6.29 Å². The molecule has 68 valence electrons. The first-order chi connectivity index (χ1) is 5.54. The number of aldehydes is 1. The van der Waals surface area contributed by atoms with Crippen molar-refractivity contribution in [2.45, 2.75) is 40.0 Å². The first-order valence-electron chi connectivity index (χ1n) is 4.69. The van der Waals surface area contributed by atoms with Gasteiger partial charge in [-0.2, -0.15) is 0 Å². The molecule has 0 amide bonds. The molecule has 0 heterocycles. The highest BCUT2D eigenvalue weighted by Crippen LogP contribution is 2.34. The molecule has 0 aromatic carbocycles. The van der Waals surface area contributed by atoms with Crippen molar-refractivity contribution in [3.05, 3.63) is 11.6 Å². The van der Waals surface area contributed by atoms with Crippen molar-refractivity contribution in [3.63, 3.8) is 0 Å². The smallest absolute Gasteiger partial charge is 0.123 e. The normalized spacial score (nSPS) is 24.9. The van der Waals surface area contributed by atoms with Crippen molar-refractivity contribution < 1.29 is 4.79 Å². The Balaban J connectivity index is 2.62. The van der Waals surface area contributed by atoms with Crippen LogP contribution in [0.4, 0.5) is 0 Å². The predicted octanol–water partition coefficient (Wildman–Crippen LogP) is 2.96. The summed E-state index contributed by atoms with van der Waals surface area (Å²) < 4.78 is 0. The van der Waals surface area contributed by atoms with Gasteiger partial charge in [0.25, 0.3) is 0 Å². The van der Waals surface area contributed by atoms with Gasteiger partial charge in [0, 0.05) is 5.92 Å². The van der Waals surface area contributed by atoms with E-state index in [4.69, 9.17) is 0 Å². The van der Waals surface area contributed by atoms with Gasteiger partial charge >= 0.3 is 0 Å². The molecule has 0 spiro atoms. The highest BCUT2D eigenvalue weighted by atomic mass is 16.1. The summed E-state index contributed by atoms with van der Waals surface area (Å²) in [6, 6.07) is 0. The largest absolute Gasteiger partial charge is 0.303 e. The Kier molecular flexibility index (Phi) is 2.71. The van der Waals surface area contributed by atoms with Crippen molar-refractivity contribution >= 4 is 6.29 Å². The maximum Gasteiger partial charge on any atom is 0.123 e. The predicted molar refractivity (Wildman–Crippen MR) is 50.9 cm³/mol. The zero-order valence-corrected chi connectivity index (χ0v) is 8.26. The lowest BCUT2D eigenvalue weighted by molar-refractivity contribution is -0.111. The Bertz CT molecular complexity index is 196. The fraction of sp³-hybridized carbons (Fsp3) is 0.727. The summed E-state index contributed by atoms with van der Waals surface area (Å²) in [5, 5.41) is 0. The van der Waals surface area contributed by atoms with Crippen LogP contribution in [0.2, 0.25) is 0 Å². The molecule has 1 unspecified atom stereocenters. The SMILES string of the molecule is CC(C)(C)C1=CCC(C=O)CC1. The van der Waals surface area contributed by atoms with Gasteiger partial charge in [0.2, 0.25) is 0 Å². The molecule has 0 saturated heterocycles. The lowest BCUT2D eigenvalue weighted by Gasteiger charge is -2.27. The zero-order chi connectivity index (χ0) is 9.19. The lowest BCUT2D eigenvalue weighted by Crippen LogP contribution is -2.15. The van der Waals surface area contributed by atoms with Gasteiger partial charge < -0.3 is 4.79 Å². The minimum absolute atomic E-state index is 0.288. The first-order valence-corrected chi connectivity index (χ1v) is 4.69. The van der Waals surface area contributed by atoms with E-state index in [1.165, 1.54) is 5.57 Å². The summed E-state index contributed by atoms with van der Waals surface area (Å²) >= 11 is 0. The van der Waals surface area contributed by atoms with Gasteiger partial charge in [0.15, 0.2) is 0 Å². The van der Waals surface area contributed by atoms with Gasteiger partial charge in [-0.25, -0.2) is 0 Å². The van der Waals surface area contributed by atoms with E-state index < -0.39 is 0 Å². The molecule has 1 aliphatic carbocycles. The van der Waals surface area contributed by atoms with E-state index in [9.17, 15) is 4.79 Å². The average molecular weight is 166 g/mol. The molecule has 0 aliphatic heterocycles. The van der Waals surface area contributed by atoms with E-state index in [0.717, 1.165) is 25.5 Å². The van der Waals surface area contributed by atoms with E-state index in [2.05, 4.69) is 26.8 Å². The van der Waals surface area contributed by atoms with Crippen LogP contribution in [0, 0.1) is 11.3 Å². The van der Waals surface area contributed by atoms with Gasteiger partial charge in [-0.05, 0) is 24.7 Å². The highest BCUT2D eigenvalue weighted by Gasteiger charge is 2.21. The molecule has 1 heteroatoms. The molecule has 0 N–H and O–H groups in total. The molecule has 1 aliphatic rings. The highest BCUT2D eigenvalue weighted by molar-refractivity contribution is 5.54. The van der Waals surface area contributed by atoms with E-state index in [1.54, 1.807) is 0 Å². The summed E-state index contributed by atoms with van der Waals surface area (Å²) in [5.41, 5.74) is 1.81. The van der Waals surface area contributed by atoms with Crippen molar-refractivity contribution in [2.24, 2.45) is 11.3 Å². The zero-order valence-electron chi connectivity index (χ0n) is 8.26. The molecule has 0 fully saturated rings. The Morgan fingerprint density at radius 3 is 2.50 bits per heavy atom. The van der Waals surface area contributed by atoms with Crippen LogP contribution in [-0.2, 0) is 4.79 Å². The second-order valence-corrected chi connectivity index (χ2v) is 4.65. The maximum atomic E-state index is 10.5. The quantitative estimate of drug-likeness (QED) is 0.432. The minimum Gasteiger partial charge on any atom is -0.303 e. The van der Waals surface area contributed by atoms with Crippen LogP contribution >= 0.6 is 0 Å². The third kappa shape index (κ3) is 2.20. The van der Waals surface area contributed by atoms with Crippen LogP contribution < -0.4 is 0 Å². The third-order valence-corrected chi connectivity index (χ3v) is 2.61. The number of hydrogen-bond donors (Lipinski definition) is 0. The van der Waals surface area contributed by atoms with E-state index in [-0.39, 0.29) is 5.92 Å². The topological polar surface area (TPSA) is 17.1 Å². The number of carbonyl (C=O) groups is 1. The molecule has 0 bridgehead atoms. The molecule has 0 aromatic heterocycles. The van der Waals surface area contributed by atoms with Crippen molar-refractivity contribution in [1.29, 1.82) is 0 Å². The van der Waals surface area contributed by atoms with E-state index >= 15 is 0 Å². The fourth-order valence-corrected chi connectivity index (χ4v) is 1.66. The number of rotatable bonds is 1. The summed E-state index contributed by atoms with van der Waals surface area (Å²) in [6.07, 6.45) is 6.45. The molecular formula is C11H18O. The number of hydrogen-bond acceptors (Lipinski definition) is 1. The molecular weight excluding hydrogens is 148 g/mol. The second-order valence-electron chi connectivity index (χ2n) is 4.65. The van der Waals surface area contributed by atoms with Gasteiger partial charge in [-0.3, -0.25) is 0 Å². The van der Waals surface area contributed by atoms with Crippen LogP contribution in [0.15, 0.2) is 11.6 Å². The Hall–Kier alpha value is -0.590. The van der Waals surface area contributed by atoms with Gasteiger partial charge in [0.1, 0.15) is 6.29 Å². The van der Waals surface area contributed by atoms with Gasteiger partial charge in [0.05, 0.1) is 0 Å². The molecule has 0 saturated carbocycles. The molecule has 12 heavy (non-hydrogen) atoms. The van der Waals surface area contributed by atoms with Crippen LogP contribution in [0.3, 0.4) is 0 Å². The van der Waals surface area contributed by atoms with Gasteiger partial charge in [-0.15, -0.1) is 0 Å². The van der Waals surface area contributed by atoms with E-state index in [0.29, 0.717) is 5.41 Å². The molecule has 1 atom stereocenters. The van der Waals surface area contributed by atoms with Crippen molar-refractivity contribution in [3.8, 4) is 0 Å². The van der Waals surface area contributed by atoms with Gasteiger partial charge in [-0.1, -0.05) is 32.4 Å². The Morgan fingerprint density at radius 2 is 2.17 bits per heavy atom. The average Bonchev–Trinajstić information content (AvgIpc) is 2.03. The first kappa shape index (κ1) is 9.50. The van der Waals surface area contributed by atoms with Crippen molar-refractivity contribution in [1.82, 2.24) is 0 Å². The molecule has 1 nitrogen and oxygen atoms in total. The maximum absolute atomic E-state index is 10.5. The molecule has 0 radical (unpaired) electrons. The van der Waals surface area contributed by atoms with Crippen LogP contribution in [0.25, 0.3) is 0 Å². The van der Waals surface area contributed by atoms with Crippen molar-refractivity contribution in [2.75, 3.05) is 0 Å². The Labute approximate surface area is 74.9 Å². The lowest BCUT2D eigenvalue weighted by atomic mass is 9.78. The standard InChI is InChI=1S/C11H18O/c1-11(2,3)10-6-4-9(8-12)5-7-10/h6,8-9H,4-5,7H2,1-3H3. The molecule has 0 aromatic rings. The molecule has 1 rings (SSSR count). The fourth-order valence-electron chi connectivity index (χ4n) is 1.66.